The maximum Gasteiger partial charge on any atom is 0.227 e. The van der Waals surface area contributed by atoms with E-state index in [9.17, 15) is 4.79 Å². The van der Waals surface area contributed by atoms with Crippen molar-refractivity contribution in [2.24, 2.45) is 0 Å². The van der Waals surface area contributed by atoms with E-state index >= 15 is 0 Å². The van der Waals surface area contributed by atoms with Gasteiger partial charge in [-0.05, 0) is 24.5 Å². The van der Waals surface area contributed by atoms with Crippen molar-refractivity contribution in [3.8, 4) is 0 Å². The molecule has 0 unspecified atom stereocenters. The van der Waals surface area contributed by atoms with Crippen molar-refractivity contribution < 1.29 is 4.79 Å². The predicted octanol–water partition coefficient (Wildman–Crippen LogP) is 3.81. The van der Waals surface area contributed by atoms with E-state index in [1.807, 2.05) is 37.3 Å². The molecule has 0 heterocycles. The lowest BCUT2D eigenvalue weighted by Crippen LogP contribution is -2.28. The van der Waals surface area contributed by atoms with Crippen molar-refractivity contribution in [1.29, 1.82) is 0 Å². The van der Waals surface area contributed by atoms with E-state index in [0.29, 0.717) is 6.54 Å². The fourth-order valence-corrected chi connectivity index (χ4v) is 2.28. The van der Waals surface area contributed by atoms with Crippen LogP contribution in [-0.2, 0) is 11.3 Å². The summed E-state index contributed by atoms with van der Waals surface area (Å²) in [6.07, 6.45) is 0.809. The van der Waals surface area contributed by atoms with Crippen molar-refractivity contribution in [3.05, 3.63) is 71.3 Å². The second-order valence-electron chi connectivity index (χ2n) is 5.07. The molecule has 2 heteroatoms. The maximum atomic E-state index is 12.3. The Morgan fingerprint density at radius 1 is 1.05 bits per heavy atom. The highest BCUT2D eigenvalue weighted by Crippen LogP contribution is 2.19. The molecule has 0 fully saturated rings. The number of carbonyl (C=O) groups excluding carboxylic acids is 1. The minimum Gasteiger partial charge on any atom is -0.351 e. The summed E-state index contributed by atoms with van der Waals surface area (Å²) >= 11 is 0. The number of hydrogen-bond acceptors (Lipinski definition) is 1. The summed E-state index contributed by atoms with van der Waals surface area (Å²) in [5, 5.41) is 3.03. The Bertz CT molecular complexity index is 545. The van der Waals surface area contributed by atoms with Crippen LogP contribution in [0.3, 0.4) is 0 Å². The van der Waals surface area contributed by atoms with Crippen molar-refractivity contribution in [3.63, 3.8) is 0 Å². The molecule has 0 aliphatic heterocycles. The fraction of sp³-hybridized carbons (Fsp3) is 0.278. The van der Waals surface area contributed by atoms with Gasteiger partial charge in [-0.3, -0.25) is 4.79 Å². The summed E-state index contributed by atoms with van der Waals surface area (Å²) in [6, 6.07) is 18.2. The molecule has 0 radical (unpaired) electrons. The molecule has 0 saturated carbocycles. The molecule has 1 N–H and O–H groups in total. The Balaban J connectivity index is 1.98. The van der Waals surface area contributed by atoms with Crippen LogP contribution in [0.4, 0.5) is 0 Å². The van der Waals surface area contributed by atoms with Gasteiger partial charge in [0, 0.05) is 6.54 Å². The van der Waals surface area contributed by atoms with Crippen LogP contribution in [0.5, 0.6) is 0 Å². The van der Waals surface area contributed by atoms with Gasteiger partial charge in [0.25, 0.3) is 0 Å². The largest absolute Gasteiger partial charge is 0.351 e. The lowest BCUT2D eigenvalue weighted by Gasteiger charge is -2.15. The Kier molecular flexibility index (Phi) is 4.94. The van der Waals surface area contributed by atoms with Crippen molar-refractivity contribution in [1.82, 2.24) is 5.32 Å². The highest BCUT2D eigenvalue weighted by molar-refractivity contribution is 5.83. The molecular formula is C18H21NO. The van der Waals surface area contributed by atoms with Crippen molar-refractivity contribution in [2.45, 2.75) is 32.7 Å². The molecule has 0 aliphatic rings. The number of benzene rings is 2. The Hall–Kier alpha value is -2.09. The maximum absolute atomic E-state index is 12.3. The van der Waals surface area contributed by atoms with Crippen molar-refractivity contribution >= 4 is 5.91 Å². The van der Waals surface area contributed by atoms with Gasteiger partial charge in [-0.25, -0.2) is 0 Å². The first kappa shape index (κ1) is 14.3. The molecule has 0 aromatic heterocycles. The zero-order valence-electron chi connectivity index (χ0n) is 12.1. The van der Waals surface area contributed by atoms with Crippen LogP contribution in [0.25, 0.3) is 0 Å². The topological polar surface area (TPSA) is 29.1 Å². The van der Waals surface area contributed by atoms with Gasteiger partial charge < -0.3 is 5.32 Å². The van der Waals surface area contributed by atoms with Crippen LogP contribution >= 0.6 is 0 Å². The van der Waals surface area contributed by atoms with Crippen molar-refractivity contribution in [2.75, 3.05) is 0 Å². The smallest absolute Gasteiger partial charge is 0.227 e. The molecule has 2 rings (SSSR count). The molecule has 0 spiro atoms. The van der Waals surface area contributed by atoms with E-state index in [2.05, 4.69) is 36.5 Å². The van der Waals surface area contributed by atoms with Gasteiger partial charge in [0.1, 0.15) is 0 Å². The summed E-state index contributed by atoms with van der Waals surface area (Å²) in [5.41, 5.74) is 3.44. The first-order valence-corrected chi connectivity index (χ1v) is 7.09. The quantitative estimate of drug-likeness (QED) is 0.877. The monoisotopic (exact) mass is 267 g/mol. The van der Waals surface area contributed by atoms with E-state index in [0.717, 1.165) is 17.5 Å². The number of nitrogens with one attached hydrogen (secondary N) is 1. The average molecular weight is 267 g/mol. The second-order valence-corrected chi connectivity index (χ2v) is 5.07. The van der Waals surface area contributed by atoms with Gasteiger partial charge in [-0.15, -0.1) is 0 Å². The number of hydrogen-bond donors (Lipinski definition) is 1. The van der Waals surface area contributed by atoms with E-state index in [1.54, 1.807) is 0 Å². The SMILES string of the molecule is CC[C@H](C(=O)NCc1ccc(C)cc1)c1ccccc1. The lowest BCUT2D eigenvalue weighted by atomic mass is 9.95. The summed E-state index contributed by atoms with van der Waals surface area (Å²) in [6.45, 7) is 4.69. The third-order valence-electron chi connectivity index (χ3n) is 3.51. The van der Waals surface area contributed by atoms with E-state index < -0.39 is 0 Å². The van der Waals surface area contributed by atoms with Gasteiger partial charge in [-0.1, -0.05) is 67.1 Å². The predicted molar refractivity (Wildman–Crippen MR) is 82.5 cm³/mol. The Morgan fingerprint density at radius 2 is 1.70 bits per heavy atom. The fourth-order valence-electron chi connectivity index (χ4n) is 2.28. The highest BCUT2D eigenvalue weighted by Gasteiger charge is 2.17. The normalized spacial score (nSPS) is 11.9. The zero-order valence-corrected chi connectivity index (χ0v) is 12.1. The second kappa shape index (κ2) is 6.90. The van der Waals surface area contributed by atoms with Gasteiger partial charge in [0.05, 0.1) is 5.92 Å². The van der Waals surface area contributed by atoms with Crippen LogP contribution in [-0.4, -0.2) is 5.91 Å². The summed E-state index contributed by atoms with van der Waals surface area (Å²) < 4.78 is 0. The molecule has 1 amide bonds. The third-order valence-corrected chi connectivity index (χ3v) is 3.51. The zero-order chi connectivity index (χ0) is 14.4. The van der Waals surface area contributed by atoms with E-state index in [1.165, 1.54) is 5.56 Å². The molecule has 104 valence electrons. The Labute approximate surface area is 120 Å². The summed E-state index contributed by atoms with van der Waals surface area (Å²) in [7, 11) is 0. The molecule has 2 nitrogen and oxygen atoms in total. The van der Waals surface area contributed by atoms with Gasteiger partial charge in [0.2, 0.25) is 5.91 Å². The third kappa shape index (κ3) is 3.70. The molecule has 0 aliphatic carbocycles. The number of carbonyl (C=O) groups is 1. The summed E-state index contributed by atoms with van der Waals surface area (Å²) in [4.78, 5) is 12.3. The number of rotatable bonds is 5. The highest BCUT2D eigenvalue weighted by atomic mass is 16.1. The lowest BCUT2D eigenvalue weighted by molar-refractivity contribution is -0.122. The average Bonchev–Trinajstić information content (AvgIpc) is 2.48. The minimum atomic E-state index is -0.0679. The first-order chi connectivity index (χ1) is 9.70. The van der Waals surface area contributed by atoms with Crippen LogP contribution < -0.4 is 5.32 Å². The van der Waals surface area contributed by atoms with Crippen LogP contribution in [0.2, 0.25) is 0 Å². The molecule has 20 heavy (non-hydrogen) atoms. The molecule has 0 saturated heterocycles. The van der Waals surface area contributed by atoms with Crippen LogP contribution in [0, 0.1) is 6.92 Å². The summed E-state index contributed by atoms with van der Waals surface area (Å²) in [5.74, 6) is 0.0286. The minimum absolute atomic E-state index is 0.0679. The molecule has 2 aromatic rings. The standard InChI is InChI=1S/C18H21NO/c1-3-17(16-7-5-4-6-8-16)18(20)19-13-15-11-9-14(2)10-12-15/h4-12,17H,3,13H2,1-2H3,(H,19,20)/t17-/m0/s1. The number of amides is 1. The van der Waals surface area contributed by atoms with E-state index in [4.69, 9.17) is 0 Å². The Morgan fingerprint density at radius 3 is 2.30 bits per heavy atom. The molecule has 2 aromatic carbocycles. The molecule has 0 bridgehead atoms. The molecule has 1 atom stereocenters. The number of aryl methyl sites for hydroxylation is 1. The van der Waals surface area contributed by atoms with E-state index in [-0.39, 0.29) is 11.8 Å². The van der Waals surface area contributed by atoms with Crippen LogP contribution in [0.1, 0.15) is 36.0 Å². The van der Waals surface area contributed by atoms with Gasteiger partial charge in [-0.2, -0.15) is 0 Å². The van der Waals surface area contributed by atoms with Gasteiger partial charge in [0.15, 0.2) is 0 Å². The first-order valence-electron chi connectivity index (χ1n) is 7.09. The molecular weight excluding hydrogens is 246 g/mol. The van der Waals surface area contributed by atoms with Gasteiger partial charge >= 0.3 is 0 Å². The van der Waals surface area contributed by atoms with Crippen LogP contribution in [0.15, 0.2) is 54.6 Å².